The molecular weight excluding hydrogens is 285 g/mol. The molecule has 3 nitrogen and oxygen atoms in total. The van der Waals surface area contributed by atoms with Crippen LogP contribution < -0.4 is 9.47 Å². The van der Waals surface area contributed by atoms with Crippen LogP contribution in [-0.2, 0) is 0 Å². The Labute approximate surface area is 117 Å². The van der Waals surface area contributed by atoms with Gasteiger partial charge in [-0.05, 0) is 18.2 Å². The van der Waals surface area contributed by atoms with Crippen LogP contribution in [0.15, 0.2) is 30.3 Å². The molecule has 0 spiro atoms. The molecule has 0 saturated carbocycles. The van der Waals surface area contributed by atoms with E-state index < -0.39 is 28.8 Å². The molecule has 3 rings (SSSR count). The van der Waals surface area contributed by atoms with E-state index in [9.17, 15) is 18.0 Å². The second kappa shape index (κ2) is 5.12. The van der Waals surface area contributed by atoms with Crippen molar-refractivity contribution in [1.82, 2.24) is 0 Å². The maximum atomic E-state index is 13.6. The van der Waals surface area contributed by atoms with Crippen molar-refractivity contribution in [2.24, 2.45) is 0 Å². The SMILES string of the molecule is O=C(c1ccc2c(c1)OCCO2)c1c(F)cc(F)cc1F. The number of carbonyl (C=O) groups excluding carboxylic acids is 1. The average molecular weight is 294 g/mol. The number of rotatable bonds is 2. The molecule has 1 heterocycles. The van der Waals surface area contributed by atoms with Crippen molar-refractivity contribution in [2.75, 3.05) is 13.2 Å². The second-order valence-electron chi connectivity index (χ2n) is 4.43. The number of hydrogen-bond donors (Lipinski definition) is 0. The molecule has 1 aliphatic rings. The Kier molecular flexibility index (Phi) is 3.29. The summed E-state index contributed by atoms with van der Waals surface area (Å²) in [6.45, 7) is 0.714. The fourth-order valence-electron chi connectivity index (χ4n) is 2.09. The second-order valence-corrected chi connectivity index (χ2v) is 4.43. The normalized spacial score (nSPS) is 13.1. The number of fused-ring (bicyclic) bond motifs is 1. The van der Waals surface area contributed by atoms with Crippen LogP contribution in [0.3, 0.4) is 0 Å². The highest BCUT2D eigenvalue weighted by atomic mass is 19.1. The molecule has 0 aliphatic carbocycles. The highest BCUT2D eigenvalue weighted by Crippen LogP contribution is 2.32. The van der Waals surface area contributed by atoms with Gasteiger partial charge in [0.15, 0.2) is 17.3 Å². The summed E-state index contributed by atoms with van der Waals surface area (Å²) in [5.74, 6) is -3.67. The van der Waals surface area contributed by atoms with Gasteiger partial charge in [-0.25, -0.2) is 13.2 Å². The van der Waals surface area contributed by atoms with Gasteiger partial charge in [-0.3, -0.25) is 4.79 Å². The van der Waals surface area contributed by atoms with Gasteiger partial charge in [0.2, 0.25) is 0 Å². The smallest absolute Gasteiger partial charge is 0.199 e. The monoisotopic (exact) mass is 294 g/mol. The van der Waals surface area contributed by atoms with Gasteiger partial charge in [-0.2, -0.15) is 0 Å². The highest BCUT2D eigenvalue weighted by Gasteiger charge is 2.22. The molecule has 2 aromatic rings. The Hall–Kier alpha value is -2.50. The summed E-state index contributed by atoms with van der Waals surface area (Å²) in [5.41, 5.74) is -0.767. The molecule has 21 heavy (non-hydrogen) atoms. The zero-order valence-corrected chi connectivity index (χ0v) is 10.7. The summed E-state index contributed by atoms with van der Waals surface area (Å²) in [5, 5.41) is 0. The Bertz CT molecular complexity index is 705. The van der Waals surface area contributed by atoms with Crippen LogP contribution in [0.25, 0.3) is 0 Å². The van der Waals surface area contributed by atoms with Crippen LogP contribution in [-0.4, -0.2) is 19.0 Å². The summed E-state index contributed by atoms with van der Waals surface area (Å²) in [4.78, 5) is 12.2. The predicted molar refractivity (Wildman–Crippen MR) is 67.2 cm³/mol. The van der Waals surface area contributed by atoms with Gasteiger partial charge in [0, 0.05) is 17.7 Å². The molecule has 0 aromatic heterocycles. The fraction of sp³-hybridized carbons (Fsp3) is 0.133. The zero-order chi connectivity index (χ0) is 15.0. The molecule has 0 bridgehead atoms. The predicted octanol–water partition coefficient (Wildman–Crippen LogP) is 3.11. The molecular formula is C15H9F3O3. The third kappa shape index (κ3) is 2.44. The molecule has 0 atom stereocenters. The summed E-state index contributed by atoms with van der Waals surface area (Å²) >= 11 is 0. The van der Waals surface area contributed by atoms with Crippen LogP contribution in [0.1, 0.15) is 15.9 Å². The van der Waals surface area contributed by atoms with Gasteiger partial charge in [-0.15, -0.1) is 0 Å². The van der Waals surface area contributed by atoms with E-state index in [2.05, 4.69) is 0 Å². The van der Waals surface area contributed by atoms with Gasteiger partial charge in [0.05, 0.1) is 5.56 Å². The van der Waals surface area contributed by atoms with Crippen LogP contribution in [0.4, 0.5) is 13.2 Å². The van der Waals surface area contributed by atoms with E-state index >= 15 is 0 Å². The van der Waals surface area contributed by atoms with Crippen molar-refractivity contribution in [2.45, 2.75) is 0 Å². The lowest BCUT2D eigenvalue weighted by Crippen LogP contribution is -2.16. The standard InChI is InChI=1S/C15H9F3O3/c16-9-6-10(17)14(11(18)7-9)15(19)8-1-2-12-13(5-8)21-4-3-20-12/h1-2,5-7H,3-4H2. The molecule has 6 heteroatoms. The lowest BCUT2D eigenvalue weighted by molar-refractivity contribution is 0.102. The number of carbonyl (C=O) groups is 1. The lowest BCUT2D eigenvalue weighted by Gasteiger charge is -2.18. The van der Waals surface area contributed by atoms with Crippen molar-refractivity contribution >= 4 is 5.78 Å². The number of hydrogen-bond acceptors (Lipinski definition) is 3. The van der Waals surface area contributed by atoms with Gasteiger partial charge in [0.25, 0.3) is 0 Å². The van der Waals surface area contributed by atoms with E-state index in [1.165, 1.54) is 18.2 Å². The van der Waals surface area contributed by atoms with Gasteiger partial charge in [-0.1, -0.05) is 0 Å². The topological polar surface area (TPSA) is 35.5 Å². The lowest BCUT2D eigenvalue weighted by atomic mass is 10.0. The van der Waals surface area contributed by atoms with E-state index in [1.807, 2.05) is 0 Å². The molecule has 0 fully saturated rings. The van der Waals surface area contributed by atoms with E-state index in [4.69, 9.17) is 9.47 Å². The van der Waals surface area contributed by atoms with Crippen LogP contribution in [0.5, 0.6) is 11.5 Å². The first-order valence-corrected chi connectivity index (χ1v) is 6.15. The Morgan fingerprint density at radius 1 is 0.905 bits per heavy atom. The Morgan fingerprint density at radius 2 is 1.52 bits per heavy atom. The van der Waals surface area contributed by atoms with E-state index in [1.54, 1.807) is 0 Å². The van der Waals surface area contributed by atoms with E-state index in [0.717, 1.165) is 0 Å². The zero-order valence-electron chi connectivity index (χ0n) is 10.7. The maximum absolute atomic E-state index is 13.6. The molecule has 0 radical (unpaired) electrons. The number of ketones is 1. The van der Waals surface area contributed by atoms with E-state index in [-0.39, 0.29) is 5.56 Å². The van der Waals surface area contributed by atoms with Gasteiger partial charge < -0.3 is 9.47 Å². The molecule has 0 unspecified atom stereocenters. The number of benzene rings is 2. The molecule has 0 amide bonds. The van der Waals surface area contributed by atoms with Gasteiger partial charge in [0.1, 0.15) is 30.7 Å². The summed E-state index contributed by atoms with van der Waals surface area (Å²) < 4.78 is 50.7. The molecule has 2 aromatic carbocycles. The minimum atomic E-state index is -1.24. The minimum absolute atomic E-state index is 0.0312. The molecule has 0 N–H and O–H groups in total. The highest BCUT2D eigenvalue weighted by molar-refractivity contribution is 6.09. The quantitative estimate of drug-likeness (QED) is 0.798. The van der Waals surface area contributed by atoms with E-state index in [0.29, 0.717) is 36.8 Å². The molecule has 0 saturated heterocycles. The van der Waals surface area contributed by atoms with Crippen molar-refractivity contribution in [1.29, 1.82) is 0 Å². The number of halogens is 3. The first kappa shape index (κ1) is 13.5. The summed E-state index contributed by atoms with van der Waals surface area (Å²) in [6.07, 6.45) is 0. The largest absolute Gasteiger partial charge is 0.486 e. The first-order valence-electron chi connectivity index (χ1n) is 6.15. The van der Waals surface area contributed by atoms with Crippen molar-refractivity contribution in [3.63, 3.8) is 0 Å². The third-order valence-electron chi connectivity index (χ3n) is 3.04. The Balaban J connectivity index is 2.03. The summed E-state index contributed by atoms with van der Waals surface area (Å²) in [7, 11) is 0. The molecule has 108 valence electrons. The van der Waals surface area contributed by atoms with Crippen LogP contribution in [0.2, 0.25) is 0 Å². The average Bonchev–Trinajstić information content (AvgIpc) is 2.45. The first-order chi connectivity index (χ1) is 10.1. The summed E-state index contributed by atoms with van der Waals surface area (Å²) in [6, 6.07) is 5.14. The Morgan fingerprint density at radius 3 is 2.19 bits per heavy atom. The third-order valence-corrected chi connectivity index (χ3v) is 3.04. The van der Waals surface area contributed by atoms with Crippen molar-refractivity contribution in [3.05, 3.63) is 58.9 Å². The molecule has 1 aliphatic heterocycles. The maximum Gasteiger partial charge on any atom is 0.199 e. The van der Waals surface area contributed by atoms with Crippen molar-refractivity contribution in [3.8, 4) is 11.5 Å². The fourth-order valence-corrected chi connectivity index (χ4v) is 2.09. The van der Waals surface area contributed by atoms with Crippen molar-refractivity contribution < 1.29 is 27.4 Å². The minimum Gasteiger partial charge on any atom is -0.486 e. The van der Waals surface area contributed by atoms with Crippen LogP contribution in [0, 0.1) is 17.5 Å². The number of ether oxygens (including phenoxy) is 2. The van der Waals surface area contributed by atoms with Crippen LogP contribution >= 0.6 is 0 Å². The van der Waals surface area contributed by atoms with Gasteiger partial charge >= 0.3 is 0 Å².